The van der Waals surface area contributed by atoms with E-state index in [-0.39, 0.29) is 0 Å². The summed E-state index contributed by atoms with van der Waals surface area (Å²) in [5.41, 5.74) is 1.07. The van der Waals surface area contributed by atoms with Crippen LogP contribution in [0.2, 0.25) is 0 Å². The van der Waals surface area contributed by atoms with Crippen molar-refractivity contribution >= 4 is 21.6 Å². The van der Waals surface area contributed by atoms with Crippen LogP contribution >= 0.6 is 11.3 Å². The van der Waals surface area contributed by atoms with Crippen LogP contribution < -0.4 is 0 Å². The minimum absolute atomic E-state index is 0.745. The van der Waals surface area contributed by atoms with Gasteiger partial charge in [-0.3, -0.25) is 0 Å². The molecule has 0 aliphatic carbocycles. The molecular formula is C13H15NOS. The molecule has 3 heteroatoms. The predicted octanol–water partition coefficient (Wildman–Crippen LogP) is 3.47. The number of thiazole rings is 1. The van der Waals surface area contributed by atoms with Crippen molar-refractivity contribution in [3.63, 3.8) is 0 Å². The van der Waals surface area contributed by atoms with Gasteiger partial charge in [0.25, 0.3) is 0 Å². The van der Waals surface area contributed by atoms with E-state index in [1.807, 2.05) is 44.2 Å². The molecule has 1 N–H and O–H groups in total. The molecular weight excluding hydrogens is 218 g/mol. The van der Waals surface area contributed by atoms with Crippen LogP contribution in [0.25, 0.3) is 10.2 Å². The number of benzene rings is 1. The zero-order chi connectivity index (χ0) is 11.8. The van der Waals surface area contributed by atoms with Gasteiger partial charge in [-0.15, -0.1) is 11.3 Å². The first-order chi connectivity index (χ1) is 7.49. The number of aromatic nitrogens is 1. The Hall–Kier alpha value is -1.19. The number of allylic oxidation sites excluding steroid dienone is 1. The van der Waals surface area contributed by atoms with Gasteiger partial charge in [0.1, 0.15) is 10.6 Å². The average Bonchev–Trinajstić information content (AvgIpc) is 2.59. The standard InChI is InChI=1S/C13H15NOS/c1-9(2)8-13(3,15)12-14-10-6-4-5-7-11(10)16-12/h4-8,15H,1-3H3/t13-/m1/s1. The molecule has 0 spiro atoms. The fourth-order valence-corrected chi connectivity index (χ4v) is 2.70. The smallest absolute Gasteiger partial charge is 0.132 e. The highest BCUT2D eigenvalue weighted by molar-refractivity contribution is 7.18. The molecule has 0 aliphatic heterocycles. The Morgan fingerprint density at radius 3 is 2.69 bits per heavy atom. The van der Waals surface area contributed by atoms with E-state index >= 15 is 0 Å². The van der Waals surface area contributed by atoms with Crippen molar-refractivity contribution in [2.75, 3.05) is 0 Å². The highest BCUT2D eigenvalue weighted by Gasteiger charge is 2.24. The molecule has 1 heterocycles. The van der Waals surface area contributed by atoms with Crippen LogP contribution in [-0.2, 0) is 5.60 Å². The van der Waals surface area contributed by atoms with Crippen molar-refractivity contribution in [2.45, 2.75) is 26.4 Å². The van der Waals surface area contributed by atoms with E-state index in [2.05, 4.69) is 4.98 Å². The zero-order valence-corrected chi connectivity index (χ0v) is 10.5. The van der Waals surface area contributed by atoms with Gasteiger partial charge in [0, 0.05) is 0 Å². The highest BCUT2D eigenvalue weighted by atomic mass is 32.1. The van der Waals surface area contributed by atoms with Crippen molar-refractivity contribution < 1.29 is 5.11 Å². The van der Waals surface area contributed by atoms with E-state index in [9.17, 15) is 5.11 Å². The molecule has 0 amide bonds. The third-order valence-electron chi connectivity index (χ3n) is 2.30. The Labute approximate surface area is 99.3 Å². The molecule has 1 aromatic heterocycles. The molecule has 2 aromatic rings. The zero-order valence-electron chi connectivity index (χ0n) is 9.69. The van der Waals surface area contributed by atoms with Crippen molar-refractivity contribution in [3.8, 4) is 0 Å². The van der Waals surface area contributed by atoms with Crippen LogP contribution in [-0.4, -0.2) is 10.1 Å². The van der Waals surface area contributed by atoms with E-state index in [0.717, 1.165) is 20.8 Å². The van der Waals surface area contributed by atoms with Gasteiger partial charge < -0.3 is 5.11 Å². The first-order valence-electron chi connectivity index (χ1n) is 5.23. The van der Waals surface area contributed by atoms with Gasteiger partial charge in [-0.25, -0.2) is 4.98 Å². The number of nitrogens with zero attached hydrogens (tertiary/aromatic N) is 1. The molecule has 0 saturated carbocycles. The molecule has 0 radical (unpaired) electrons. The number of hydrogen-bond acceptors (Lipinski definition) is 3. The second-order valence-electron chi connectivity index (χ2n) is 4.36. The lowest BCUT2D eigenvalue weighted by molar-refractivity contribution is 0.110. The van der Waals surface area contributed by atoms with Crippen LogP contribution in [0.15, 0.2) is 35.9 Å². The van der Waals surface area contributed by atoms with Crippen molar-refractivity contribution in [1.29, 1.82) is 0 Å². The van der Waals surface area contributed by atoms with E-state index in [1.165, 1.54) is 0 Å². The third kappa shape index (κ3) is 2.15. The van der Waals surface area contributed by atoms with Crippen LogP contribution in [0.3, 0.4) is 0 Å². The van der Waals surface area contributed by atoms with Gasteiger partial charge in [-0.2, -0.15) is 0 Å². The first-order valence-corrected chi connectivity index (χ1v) is 6.05. The molecule has 0 unspecified atom stereocenters. The minimum atomic E-state index is -0.970. The third-order valence-corrected chi connectivity index (χ3v) is 3.56. The van der Waals surface area contributed by atoms with Crippen molar-refractivity contribution in [1.82, 2.24) is 4.98 Å². The second-order valence-corrected chi connectivity index (χ2v) is 5.39. The summed E-state index contributed by atoms with van der Waals surface area (Å²) in [6.07, 6.45) is 1.84. The van der Waals surface area contributed by atoms with E-state index in [1.54, 1.807) is 18.3 Å². The maximum Gasteiger partial charge on any atom is 0.132 e. The second kappa shape index (κ2) is 4.00. The van der Waals surface area contributed by atoms with Crippen LogP contribution in [0, 0.1) is 0 Å². The van der Waals surface area contributed by atoms with Gasteiger partial charge >= 0.3 is 0 Å². The Morgan fingerprint density at radius 1 is 1.38 bits per heavy atom. The Bertz CT molecular complexity index is 503. The fourth-order valence-electron chi connectivity index (χ4n) is 1.71. The lowest BCUT2D eigenvalue weighted by atomic mass is 10.1. The summed E-state index contributed by atoms with van der Waals surface area (Å²) in [7, 11) is 0. The maximum absolute atomic E-state index is 10.3. The molecule has 0 fully saturated rings. The number of hydrogen-bond donors (Lipinski definition) is 1. The fraction of sp³-hybridized carbons (Fsp3) is 0.308. The molecule has 0 bridgehead atoms. The van der Waals surface area contributed by atoms with Crippen LogP contribution in [0.1, 0.15) is 25.8 Å². The average molecular weight is 233 g/mol. The molecule has 0 saturated heterocycles. The van der Waals surface area contributed by atoms with Crippen LogP contribution in [0.4, 0.5) is 0 Å². The van der Waals surface area contributed by atoms with Crippen molar-refractivity contribution in [3.05, 3.63) is 40.9 Å². The summed E-state index contributed by atoms with van der Waals surface area (Å²) in [4.78, 5) is 4.46. The van der Waals surface area contributed by atoms with E-state index < -0.39 is 5.60 Å². The maximum atomic E-state index is 10.3. The SMILES string of the molecule is CC(C)=C[C@@](C)(O)c1nc2ccccc2s1. The summed E-state index contributed by atoms with van der Waals surface area (Å²) in [6.45, 7) is 5.72. The largest absolute Gasteiger partial charge is 0.379 e. The Morgan fingerprint density at radius 2 is 2.06 bits per heavy atom. The number of aliphatic hydroxyl groups is 1. The van der Waals surface area contributed by atoms with Gasteiger partial charge in [-0.05, 0) is 39.0 Å². The lowest BCUT2D eigenvalue weighted by Gasteiger charge is -2.16. The number of rotatable bonds is 2. The molecule has 1 atom stereocenters. The van der Waals surface area contributed by atoms with E-state index in [4.69, 9.17) is 0 Å². The lowest BCUT2D eigenvalue weighted by Crippen LogP contribution is -2.17. The molecule has 2 rings (SSSR count). The van der Waals surface area contributed by atoms with Gasteiger partial charge in [-0.1, -0.05) is 17.7 Å². The quantitative estimate of drug-likeness (QED) is 0.806. The summed E-state index contributed by atoms with van der Waals surface area (Å²) in [5, 5.41) is 11.1. The monoisotopic (exact) mass is 233 g/mol. The number of para-hydroxylation sites is 1. The van der Waals surface area contributed by atoms with Gasteiger partial charge in [0.15, 0.2) is 0 Å². The summed E-state index contributed by atoms with van der Waals surface area (Å²) in [5.74, 6) is 0. The minimum Gasteiger partial charge on any atom is -0.379 e. The van der Waals surface area contributed by atoms with Crippen molar-refractivity contribution in [2.24, 2.45) is 0 Å². The van der Waals surface area contributed by atoms with E-state index in [0.29, 0.717) is 0 Å². The summed E-state index contributed by atoms with van der Waals surface area (Å²) in [6, 6.07) is 7.93. The molecule has 1 aromatic carbocycles. The number of fused-ring (bicyclic) bond motifs is 1. The highest BCUT2D eigenvalue weighted by Crippen LogP contribution is 2.31. The predicted molar refractivity (Wildman–Crippen MR) is 68.6 cm³/mol. The summed E-state index contributed by atoms with van der Waals surface area (Å²) >= 11 is 1.54. The first kappa shape index (κ1) is 11.3. The Kier molecular flexibility index (Phi) is 2.82. The van der Waals surface area contributed by atoms with Gasteiger partial charge in [0.05, 0.1) is 10.2 Å². The van der Waals surface area contributed by atoms with Crippen LogP contribution in [0.5, 0.6) is 0 Å². The molecule has 0 aliphatic rings. The van der Waals surface area contributed by atoms with Gasteiger partial charge in [0.2, 0.25) is 0 Å². The Balaban J connectivity index is 2.51. The molecule has 84 valence electrons. The normalized spacial score (nSPS) is 14.8. The molecule has 2 nitrogen and oxygen atoms in total. The summed E-state index contributed by atoms with van der Waals surface area (Å²) < 4.78 is 1.11. The topological polar surface area (TPSA) is 33.1 Å². The molecule has 16 heavy (non-hydrogen) atoms.